The molecular weight excluding hydrogens is 1100 g/mol. The largest absolute Gasteiger partial charge is 0.456 e. The van der Waals surface area contributed by atoms with E-state index in [0.29, 0.717) is 12.8 Å². The predicted molar refractivity (Wildman–Crippen MR) is 396 cm³/mol. The maximum Gasteiger partial charge on any atom is 0.137 e. The molecule has 0 amide bonds. The van der Waals surface area contributed by atoms with Gasteiger partial charge < -0.3 is 13.9 Å². The van der Waals surface area contributed by atoms with E-state index in [0.717, 1.165) is 147 Å². The molecule has 0 spiro atoms. The van der Waals surface area contributed by atoms with E-state index in [2.05, 4.69) is 256 Å². The van der Waals surface area contributed by atoms with Crippen LogP contribution in [-0.4, -0.2) is 10.4 Å². The standard InChI is InChI=1S/C87H82N2O2/c1-12-26-66-39-53-76(54-40-66)89(78-57-51-72(52-58-78)71-47-45-70(46-48-71)68(16-5)27-13-2)77-55-49-69(50-56-77)62(9)35-36-63(10)88-84(17-6)80(59-41-65(15-4)29-21-20-22-32-82-83-33-23-24-34-87(83)91-86(82)19-8)81(85(88)18-7)60-42-67-37-43-73(44-38-67)74-30-25-31-75(61-74)79(28-14-3)64(11)90/h12-21,23-27,29-41,43-49,51-55,57-61,79H,2-6,9-10,22,28,42,50,56H2,1,7-8,11H3. The number of ketones is 1. The fourth-order valence-electron chi connectivity index (χ4n) is 11.8. The lowest BCUT2D eigenvalue weighted by atomic mass is 9.90. The number of Topliss-reactive ketones (excluding diaryl/α,β-unsaturated/α-hetero) is 1. The number of benzene rings is 6. The van der Waals surface area contributed by atoms with E-state index in [-0.39, 0.29) is 11.7 Å². The monoisotopic (exact) mass is 1190 g/mol. The highest BCUT2D eigenvalue weighted by atomic mass is 16.3. The molecule has 1 aliphatic carbocycles. The van der Waals surface area contributed by atoms with Gasteiger partial charge >= 0.3 is 0 Å². The zero-order chi connectivity index (χ0) is 64.2. The van der Waals surface area contributed by atoms with Crippen molar-refractivity contribution in [1.29, 1.82) is 0 Å². The van der Waals surface area contributed by atoms with Crippen molar-refractivity contribution in [2.24, 2.45) is 0 Å². The molecule has 2 aromatic heterocycles. The molecule has 0 aliphatic heterocycles. The predicted octanol–water partition coefficient (Wildman–Crippen LogP) is 20.5. The van der Waals surface area contributed by atoms with Crippen molar-refractivity contribution in [3.8, 4) is 22.3 Å². The number of carbonyl (C=O) groups excluding carboxylic acids is 1. The molecule has 0 saturated carbocycles. The normalized spacial score (nSPS) is 14.2. The van der Waals surface area contributed by atoms with Gasteiger partial charge in [-0.15, -0.1) is 6.58 Å². The maximum absolute atomic E-state index is 12.6. The van der Waals surface area contributed by atoms with Gasteiger partial charge in [0.15, 0.2) is 0 Å². The first kappa shape index (κ1) is 64.7. The number of allylic oxidation sites excluding steroid dienone is 20. The Balaban J connectivity index is 1.01. The Morgan fingerprint density at radius 1 is 0.681 bits per heavy atom. The summed E-state index contributed by atoms with van der Waals surface area (Å²) in [6.07, 6.45) is 47.0. The van der Waals surface area contributed by atoms with E-state index in [9.17, 15) is 4.79 Å². The van der Waals surface area contributed by atoms with Gasteiger partial charge in [-0.05, 0) is 181 Å². The molecule has 0 radical (unpaired) electrons. The average Bonchev–Trinajstić information content (AvgIpc) is 1.70. The van der Waals surface area contributed by atoms with Crippen LogP contribution in [-0.2, 0) is 11.2 Å². The number of hydrogen-bond donors (Lipinski definition) is 0. The van der Waals surface area contributed by atoms with Crippen molar-refractivity contribution < 1.29 is 9.21 Å². The molecule has 9 rings (SSSR count). The second-order valence-corrected chi connectivity index (χ2v) is 22.4. The summed E-state index contributed by atoms with van der Waals surface area (Å²) in [6.45, 7) is 37.4. The Hall–Kier alpha value is -10.8. The maximum atomic E-state index is 12.6. The summed E-state index contributed by atoms with van der Waals surface area (Å²) in [7, 11) is 0. The van der Waals surface area contributed by atoms with E-state index in [1.807, 2.05) is 80.6 Å². The van der Waals surface area contributed by atoms with E-state index >= 15 is 0 Å². The minimum Gasteiger partial charge on any atom is -0.456 e. The zero-order valence-electron chi connectivity index (χ0n) is 53.3. The van der Waals surface area contributed by atoms with Gasteiger partial charge in [-0.25, -0.2) is 0 Å². The molecule has 0 fully saturated rings. The van der Waals surface area contributed by atoms with Gasteiger partial charge in [0.05, 0.1) is 5.69 Å². The Kier molecular flexibility index (Phi) is 22.3. The molecule has 8 aromatic rings. The van der Waals surface area contributed by atoms with Crippen LogP contribution >= 0.6 is 0 Å². The summed E-state index contributed by atoms with van der Waals surface area (Å²) < 4.78 is 8.30. The highest BCUT2D eigenvalue weighted by molar-refractivity contribution is 5.85. The number of hydrogen-bond acceptors (Lipinski definition) is 3. The molecule has 4 nitrogen and oxygen atoms in total. The van der Waals surface area contributed by atoms with Gasteiger partial charge in [-0.3, -0.25) is 4.79 Å². The van der Waals surface area contributed by atoms with Crippen molar-refractivity contribution in [2.75, 3.05) is 4.90 Å². The van der Waals surface area contributed by atoms with E-state index in [1.54, 1.807) is 13.0 Å². The van der Waals surface area contributed by atoms with Crippen LogP contribution in [0.2, 0.25) is 0 Å². The summed E-state index contributed by atoms with van der Waals surface area (Å²) >= 11 is 0. The molecule has 1 atom stereocenters. The van der Waals surface area contributed by atoms with E-state index in [1.165, 1.54) is 5.70 Å². The number of carbonyl (C=O) groups is 1. The van der Waals surface area contributed by atoms with Crippen LogP contribution in [0.15, 0.2) is 304 Å². The van der Waals surface area contributed by atoms with E-state index < -0.39 is 0 Å². The number of rotatable bonds is 26. The van der Waals surface area contributed by atoms with Crippen LogP contribution in [0.5, 0.6) is 0 Å². The van der Waals surface area contributed by atoms with Gasteiger partial charge in [-0.1, -0.05) is 258 Å². The van der Waals surface area contributed by atoms with Gasteiger partial charge in [-0.2, -0.15) is 0 Å². The molecule has 2 heterocycles. The first-order valence-corrected chi connectivity index (χ1v) is 31.2. The molecule has 0 bridgehead atoms. The van der Waals surface area contributed by atoms with Crippen LogP contribution in [0.3, 0.4) is 0 Å². The van der Waals surface area contributed by atoms with Crippen LogP contribution in [0.1, 0.15) is 92.8 Å². The second kappa shape index (κ2) is 31.4. The summed E-state index contributed by atoms with van der Waals surface area (Å²) in [5.41, 5.74) is 20.8. The number of aromatic nitrogens is 1. The molecule has 0 saturated heterocycles. The minimum atomic E-state index is -0.209. The van der Waals surface area contributed by atoms with Crippen molar-refractivity contribution >= 4 is 81.9 Å². The summed E-state index contributed by atoms with van der Waals surface area (Å²) in [5, 5.41) is 4.29. The quantitative estimate of drug-likeness (QED) is 0.0401. The topological polar surface area (TPSA) is 38.4 Å². The third-order valence-corrected chi connectivity index (χ3v) is 16.6. The molecule has 1 unspecified atom stereocenters. The van der Waals surface area contributed by atoms with Gasteiger partial charge in [0, 0.05) is 55.4 Å². The van der Waals surface area contributed by atoms with Crippen molar-refractivity contribution in [2.45, 2.75) is 65.7 Å². The second-order valence-electron chi connectivity index (χ2n) is 22.4. The highest BCUT2D eigenvalue weighted by Crippen LogP contribution is 2.37. The number of fused-ring (bicyclic) bond motifs is 1. The fraction of sp³-hybridized carbons (Fsp3) is 0.115. The zero-order valence-corrected chi connectivity index (χ0v) is 53.3. The van der Waals surface area contributed by atoms with Crippen LogP contribution in [0, 0.1) is 0 Å². The lowest BCUT2D eigenvalue weighted by Gasteiger charge is -2.30. The Morgan fingerprint density at radius 2 is 1.38 bits per heavy atom. The van der Waals surface area contributed by atoms with Crippen molar-refractivity contribution in [3.05, 3.63) is 354 Å². The molecule has 4 heteroatoms. The third kappa shape index (κ3) is 15.6. The number of furan rings is 1. The summed E-state index contributed by atoms with van der Waals surface area (Å²) in [5.74, 6) is -0.0734. The van der Waals surface area contributed by atoms with Crippen molar-refractivity contribution in [3.63, 3.8) is 0 Å². The lowest BCUT2D eigenvalue weighted by molar-refractivity contribution is -0.118. The van der Waals surface area contributed by atoms with Crippen LogP contribution in [0.4, 0.5) is 11.4 Å². The average molecular weight is 1190 g/mol. The fourth-order valence-corrected chi connectivity index (χ4v) is 11.8. The van der Waals surface area contributed by atoms with E-state index in [4.69, 9.17) is 11.0 Å². The Labute approximate surface area is 539 Å². The first-order chi connectivity index (χ1) is 44.4. The number of anilines is 2. The summed E-state index contributed by atoms with van der Waals surface area (Å²) in [4.78, 5) is 15.0. The molecule has 6 aromatic carbocycles. The molecule has 91 heavy (non-hydrogen) atoms. The molecule has 0 N–H and O–H groups in total. The lowest BCUT2D eigenvalue weighted by Crippen LogP contribution is -2.29. The van der Waals surface area contributed by atoms with Crippen LogP contribution in [0.25, 0.3) is 87.0 Å². The first-order valence-electron chi connectivity index (χ1n) is 31.2. The minimum absolute atomic E-state index is 0.136. The van der Waals surface area contributed by atoms with Gasteiger partial charge in [0.2, 0.25) is 0 Å². The van der Waals surface area contributed by atoms with Crippen molar-refractivity contribution in [1.82, 2.24) is 4.57 Å². The Bertz CT molecular complexity index is 4580. The highest BCUT2D eigenvalue weighted by Gasteiger charge is 2.20. The van der Waals surface area contributed by atoms with Crippen LogP contribution < -0.4 is 26.1 Å². The van der Waals surface area contributed by atoms with Gasteiger partial charge in [0.1, 0.15) is 16.8 Å². The molecule has 452 valence electrons. The molecule has 1 aliphatic rings. The number of para-hydroxylation sites is 1. The molecular formula is C87H82N2O2. The smallest absolute Gasteiger partial charge is 0.137 e. The number of nitrogens with zero attached hydrogens (tertiary/aromatic N) is 2. The third-order valence-electron chi connectivity index (χ3n) is 16.6. The Morgan fingerprint density at radius 3 is 2.02 bits per heavy atom. The SMILES string of the molecule is C=CC=C(C=C)c1ccc(-c2ccc(N(C3=CC=C(C(=C)C=CC(=C)n4c(C=C)c(C=CC(C=C)=CC=CCC=c5c(=CC)oc6ccccc56)c(=CCc5ccc(-c6cccc(C(CC=C)C(C)=O)c6)cc5)c4=CC)CC3)c3ccc(C=CC)cc3)cc2)cc1. The summed E-state index contributed by atoms with van der Waals surface area (Å²) in [6, 6.07) is 51.3. The van der Waals surface area contributed by atoms with Gasteiger partial charge in [0.25, 0.3) is 0 Å².